The Morgan fingerprint density at radius 3 is 2.50 bits per heavy atom. The first-order valence-corrected chi connectivity index (χ1v) is 5.89. The highest BCUT2D eigenvalue weighted by Gasteiger charge is 2.34. The van der Waals surface area contributed by atoms with Gasteiger partial charge in [-0.05, 0) is 24.6 Å². The van der Waals surface area contributed by atoms with Gasteiger partial charge in [0.15, 0.2) is 0 Å². The zero-order valence-electron chi connectivity index (χ0n) is 10.6. The Morgan fingerprint density at radius 2 is 1.94 bits per heavy atom. The monoisotopic (exact) mass is 261 g/mol. The molecule has 0 aliphatic heterocycles. The fraction of sp³-hybridized carbons (Fsp3) is 0.538. The van der Waals surface area contributed by atoms with Crippen molar-refractivity contribution in [2.24, 2.45) is 0 Å². The summed E-state index contributed by atoms with van der Waals surface area (Å²) in [5.41, 5.74) is -0.295. The highest BCUT2D eigenvalue weighted by molar-refractivity contribution is 5.32. The van der Waals surface area contributed by atoms with Gasteiger partial charge in [-0.1, -0.05) is 25.1 Å². The second-order valence-electron chi connectivity index (χ2n) is 3.98. The first-order chi connectivity index (χ1) is 8.50. The molecule has 1 N–H and O–H groups in total. The van der Waals surface area contributed by atoms with Crippen LogP contribution in [0.15, 0.2) is 24.3 Å². The minimum Gasteiger partial charge on any atom is -0.385 e. The number of rotatable bonds is 6. The third kappa shape index (κ3) is 3.99. The molecule has 1 unspecified atom stereocenters. The zero-order valence-corrected chi connectivity index (χ0v) is 10.6. The van der Waals surface area contributed by atoms with Crippen LogP contribution in [-0.4, -0.2) is 20.3 Å². The van der Waals surface area contributed by atoms with Gasteiger partial charge in [0, 0.05) is 19.8 Å². The van der Waals surface area contributed by atoms with E-state index in [1.165, 1.54) is 12.1 Å². The normalized spacial score (nSPS) is 13.6. The molecule has 0 radical (unpaired) electrons. The summed E-state index contributed by atoms with van der Waals surface area (Å²) >= 11 is 0. The van der Waals surface area contributed by atoms with E-state index in [1.54, 1.807) is 13.2 Å². The maximum Gasteiger partial charge on any atom is 0.416 e. The summed E-state index contributed by atoms with van der Waals surface area (Å²) in [6, 6.07) is 5.33. The SMILES string of the molecule is CCNC(CCOC)c1ccccc1C(F)(F)F. The zero-order chi connectivity index (χ0) is 13.6. The van der Waals surface area contributed by atoms with Crippen LogP contribution >= 0.6 is 0 Å². The van der Waals surface area contributed by atoms with Crippen LogP contribution in [0.4, 0.5) is 13.2 Å². The molecule has 102 valence electrons. The van der Waals surface area contributed by atoms with Crippen LogP contribution < -0.4 is 5.32 Å². The third-order valence-corrected chi connectivity index (χ3v) is 2.70. The molecule has 0 spiro atoms. The molecule has 0 bridgehead atoms. The van der Waals surface area contributed by atoms with Crippen molar-refractivity contribution in [2.75, 3.05) is 20.3 Å². The molecule has 1 atom stereocenters. The van der Waals surface area contributed by atoms with Crippen LogP contribution in [0.5, 0.6) is 0 Å². The van der Waals surface area contributed by atoms with Crippen LogP contribution in [0.3, 0.4) is 0 Å². The van der Waals surface area contributed by atoms with Gasteiger partial charge in [0.05, 0.1) is 5.56 Å². The number of halogens is 3. The molecule has 0 aliphatic carbocycles. The molecular weight excluding hydrogens is 243 g/mol. The van der Waals surface area contributed by atoms with Crippen molar-refractivity contribution in [3.8, 4) is 0 Å². The molecule has 0 fully saturated rings. The van der Waals surface area contributed by atoms with Crippen molar-refractivity contribution in [1.82, 2.24) is 5.32 Å². The Morgan fingerprint density at radius 1 is 1.28 bits per heavy atom. The predicted octanol–water partition coefficient (Wildman–Crippen LogP) is 3.39. The molecule has 0 amide bonds. The maximum absolute atomic E-state index is 12.9. The lowest BCUT2D eigenvalue weighted by atomic mass is 9.97. The standard InChI is InChI=1S/C13H18F3NO/c1-3-17-12(8-9-18-2)10-6-4-5-7-11(10)13(14,15)16/h4-7,12,17H,3,8-9H2,1-2H3. The van der Waals surface area contributed by atoms with Gasteiger partial charge >= 0.3 is 6.18 Å². The van der Waals surface area contributed by atoms with Crippen molar-refractivity contribution in [1.29, 1.82) is 0 Å². The van der Waals surface area contributed by atoms with Gasteiger partial charge in [0.1, 0.15) is 0 Å². The number of nitrogens with one attached hydrogen (secondary N) is 1. The average molecular weight is 261 g/mol. The summed E-state index contributed by atoms with van der Waals surface area (Å²) in [7, 11) is 1.54. The smallest absolute Gasteiger partial charge is 0.385 e. The van der Waals surface area contributed by atoms with Gasteiger partial charge in [0.25, 0.3) is 0 Å². The third-order valence-electron chi connectivity index (χ3n) is 2.70. The Labute approximate surface area is 105 Å². The topological polar surface area (TPSA) is 21.3 Å². The minimum absolute atomic E-state index is 0.281. The molecule has 2 nitrogen and oxygen atoms in total. The van der Waals surface area contributed by atoms with E-state index < -0.39 is 11.7 Å². The lowest BCUT2D eigenvalue weighted by molar-refractivity contribution is -0.138. The first-order valence-electron chi connectivity index (χ1n) is 5.89. The quantitative estimate of drug-likeness (QED) is 0.847. The molecular formula is C13H18F3NO. The molecule has 0 saturated carbocycles. The van der Waals surface area contributed by atoms with Gasteiger partial charge in [-0.25, -0.2) is 0 Å². The summed E-state index contributed by atoms with van der Waals surface area (Å²) < 4.78 is 43.7. The lowest BCUT2D eigenvalue weighted by Crippen LogP contribution is -2.25. The predicted molar refractivity (Wildman–Crippen MR) is 64.4 cm³/mol. The Bertz CT molecular complexity index is 365. The Hall–Kier alpha value is -1.07. The number of hydrogen-bond donors (Lipinski definition) is 1. The number of benzene rings is 1. The van der Waals surface area contributed by atoms with Gasteiger partial charge in [0.2, 0.25) is 0 Å². The molecule has 1 rings (SSSR count). The van der Waals surface area contributed by atoms with Crippen molar-refractivity contribution in [3.63, 3.8) is 0 Å². The van der Waals surface area contributed by atoms with E-state index in [4.69, 9.17) is 4.74 Å². The number of hydrogen-bond acceptors (Lipinski definition) is 2. The van der Waals surface area contributed by atoms with Gasteiger partial charge < -0.3 is 10.1 Å². The van der Waals surface area contributed by atoms with Gasteiger partial charge in [-0.2, -0.15) is 13.2 Å². The second kappa shape index (κ2) is 6.75. The lowest BCUT2D eigenvalue weighted by Gasteiger charge is -2.22. The molecule has 0 aliphatic rings. The Balaban J connectivity index is 3.03. The fourth-order valence-corrected chi connectivity index (χ4v) is 1.91. The fourth-order valence-electron chi connectivity index (χ4n) is 1.91. The molecule has 18 heavy (non-hydrogen) atoms. The summed E-state index contributed by atoms with van der Waals surface area (Å²) in [6.07, 6.45) is -3.81. The van der Waals surface area contributed by atoms with Gasteiger partial charge in [-0.15, -0.1) is 0 Å². The van der Waals surface area contributed by atoms with Crippen LogP contribution in [0.25, 0.3) is 0 Å². The maximum atomic E-state index is 12.9. The van der Waals surface area contributed by atoms with E-state index in [2.05, 4.69) is 5.32 Å². The van der Waals surface area contributed by atoms with E-state index in [-0.39, 0.29) is 11.6 Å². The van der Waals surface area contributed by atoms with E-state index in [9.17, 15) is 13.2 Å². The van der Waals surface area contributed by atoms with Crippen LogP contribution in [0.1, 0.15) is 30.5 Å². The highest BCUT2D eigenvalue weighted by atomic mass is 19.4. The number of methoxy groups -OCH3 is 1. The minimum atomic E-state index is -4.32. The molecule has 1 aromatic rings. The van der Waals surface area contributed by atoms with Crippen molar-refractivity contribution in [2.45, 2.75) is 25.6 Å². The van der Waals surface area contributed by atoms with Crippen molar-refractivity contribution in [3.05, 3.63) is 35.4 Å². The van der Waals surface area contributed by atoms with Crippen LogP contribution in [0.2, 0.25) is 0 Å². The van der Waals surface area contributed by atoms with Crippen LogP contribution in [0, 0.1) is 0 Å². The molecule has 5 heteroatoms. The van der Waals surface area contributed by atoms with E-state index in [0.717, 1.165) is 6.07 Å². The summed E-state index contributed by atoms with van der Waals surface area (Å²) in [4.78, 5) is 0. The summed E-state index contributed by atoms with van der Waals surface area (Å²) in [5, 5.41) is 3.07. The van der Waals surface area contributed by atoms with Gasteiger partial charge in [-0.3, -0.25) is 0 Å². The number of ether oxygens (including phenoxy) is 1. The van der Waals surface area contributed by atoms with Crippen molar-refractivity contribution < 1.29 is 17.9 Å². The molecule has 0 aromatic heterocycles. The average Bonchev–Trinajstić information content (AvgIpc) is 2.33. The first kappa shape index (κ1) is 15.0. The molecule has 0 saturated heterocycles. The number of alkyl halides is 3. The second-order valence-corrected chi connectivity index (χ2v) is 3.98. The van der Waals surface area contributed by atoms with E-state index in [0.29, 0.717) is 19.6 Å². The van der Waals surface area contributed by atoms with E-state index in [1.807, 2.05) is 6.92 Å². The van der Waals surface area contributed by atoms with Crippen molar-refractivity contribution >= 4 is 0 Å². The molecule has 0 heterocycles. The van der Waals surface area contributed by atoms with E-state index >= 15 is 0 Å². The summed E-state index contributed by atoms with van der Waals surface area (Å²) in [6.45, 7) is 2.90. The largest absolute Gasteiger partial charge is 0.416 e. The molecule has 1 aromatic carbocycles. The highest BCUT2D eigenvalue weighted by Crippen LogP contribution is 2.35. The summed E-state index contributed by atoms with van der Waals surface area (Å²) in [5.74, 6) is 0. The Kier molecular flexibility index (Phi) is 5.62. The van der Waals surface area contributed by atoms with Crippen LogP contribution in [-0.2, 0) is 10.9 Å².